The van der Waals surface area contributed by atoms with Gasteiger partial charge < -0.3 is 5.32 Å². The van der Waals surface area contributed by atoms with Crippen LogP contribution in [-0.4, -0.2) is 12.6 Å². The van der Waals surface area contributed by atoms with Gasteiger partial charge in [0.05, 0.1) is 0 Å². The zero-order valence-electron chi connectivity index (χ0n) is 10.2. The average Bonchev–Trinajstić information content (AvgIpc) is 2.31. The summed E-state index contributed by atoms with van der Waals surface area (Å²) >= 11 is 0. The van der Waals surface area contributed by atoms with E-state index in [-0.39, 0.29) is 11.9 Å². The van der Waals surface area contributed by atoms with E-state index in [1.54, 1.807) is 6.08 Å². The van der Waals surface area contributed by atoms with E-state index in [1.807, 2.05) is 0 Å². The van der Waals surface area contributed by atoms with E-state index in [2.05, 4.69) is 18.8 Å². The fourth-order valence-corrected chi connectivity index (χ4v) is 1.75. The number of rotatable bonds is 7. The minimum atomic E-state index is -0.394. The highest BCUT2D eigenvalue weighted by Gasteiger charge is 2.11. The van der Waals surface area contributed by atoms with E-state index >= 15 is 0 Å². The maximum atomic E-state index is 13.5. The van der Waals surface area contributed by atoms with Crippen molar-refractivity contribution >= 4 is 0 Å². The molecule has 0 aliphatic carbocycles. The smallest absolute Gasteiger partial charge is 0.126 e. The highest BCUT2D eigenvalue weighted by atomic mass is 19.1. The molecule has 0 heterocycles. The third kappa shape index (κ3) is 4.65. The first kappa shape index (κ1) is 13.8. The Labute approximate surface area is 102 Å². The van der Waals surface area contributed by atoms with E-state index in [4.69, 9.17) is 0 Å². The zero-order valence-corrected chi connectivity index (χ0v) is 10.2. The lowest BCUT2D eigenvalue weighted by molar-refractivity contribution is 0.495. The standard InChI is InChI=1S/C14H19F2N/c1-3-5-13(17-8-4-2)10-11-9-12(15)6-7-14(11)16/h3,6-7,9,13,17H,1,4-5,8,10H2,2H3. The predicted molar refractivity (Wildman–Crippen MR) is 67.0 cm³/mol. The largest absolute Gasteiger partial charge is 0.313 e. The molecule has 0 amide bonds. The lowest BCUT2D eigenvalue weighted by Gasteiger charge is -2.17. The minimum absolute atomic E-state index is 0.115. The molecule has 0 bridgehead atoms. The van der Waals surface area contributed by atoms with Crippen LogP contribution in [0.2, 0.25) is 0 Å². The van der Waals surface area contributed by atoms with Crippen LogP contribution in [0.15, 0.2) is 30.9 Å². The summed E-state index contributed by atoms with van der Waals surface area (Å²) in [7, 11) is 0. The molecule has 1 aromatic rings. The summed E-state index contributed by atoms with van der Waals surface area (Å²) in [5, 5.41) is 3.31. The molecule has 1 N–H and O–H groups in total. The van der Waals surface area contributed by atoms with Gasteiger partial charge >= 0.3 is 0 Å². The molecule has 0 fully saturated rings. The van der Waals surface area contributed by atoms with Crippen molar-refractivity contribution in [2.75, 3.05) is 6.54 Å². The maximum absolute atomic E-state index is 13.5. The maximum Gasteiger partial charge on any atom is 0.126 e. The topological polar surface area (TPSA) is 12.0 Å². The van der Waals surface area contributed by atoms with Crippen LogP contribution >= 0.6 is 0 Å². The monoisotopic (exact) mass is 239 g/mol. The van der Waals surface area contributed by atoms with Gasteiger partial charge in [-0.3, -0.25) is 0 Å². The van der Waals surface area contributed by atoms with Crippen molar-refractivity contribution in [3.63, 3.8) is 0 Å². The molecule has 1 aromatic carbocycles. The van der Waals surface area contributed by atoms with Gasteiger partial charge in [-0.2, -0.15) is 0 Å². The van der Waals surface area contributed by atoms with E-state index in [1.165, 1.54) is 12.1 Å². The van der Waals surface area contributed by atoms with E-state index in [0.717, 1.165) is 25.5 Å². The van der Waals surface area contributed by atoms with Crippen LogP contribution in [0.1, 0.15) is 25.3 Å². The van der Waals surface area contributed by atoms with Crippen molar-refractivity contribution in [3.8, 4) is 0 Å². The normalized spacial score (nSPS) is 12.4. The Balaban J connectivity index is 2.70. The molecular weight excluding hydrogens is 220 g/mol. The summed E-state index contributed by atoms with van der Waals surface area (Å²) in [6, 6.07) is 3.69. The highest BCUT2D eigenvalue weighted by molar-refractivity contribution is 5.20. The molecule has 0 spiro atoms. The Morgan fingerprint density at radius 3 is 2.82 bits per heavy atom. The quantitative estimate of drug-likeness (QED) is 0.719. The number of benzene rings is 1. The van der Waals surface area contributed by atoms with Crippen molar-refractivity contribution in [1.29, 1.82) is 0 Å². The molecule has 1 rings (SSSR count). The first-order valence-electron chi connectivity index (χ1n) is 5.95. The third-order valence-corrected chi connectivity index (χ3v) is 2.61. The lowest BCUT2D eigenvalue weighted by atomic mass is 10.0. The summed E-state index contributed by atoms with van der Waals surface area (Å²) in [6.07, 6.45) is 4.04. The van der Waals surface area contributed by atoms with Gasteiger partial charge in [0.25, 0.3) is 0 Å². The van der Waals surface area contributed by atoms with Crippen molar-refractivity contribution < 1.29 is 8.78 Å². The molecule has 1 atom stereocenters. The molecule has 0 aliphatic heterocycles. The van der Waals surface area contributed by atoms with E-state index in [0.29, 0.717) is 12.0 Å². The Bertz CT molecular complexity index is 363. The van der Waals surface area contributed by atoms with Crippen LogP contribution in [0.3, 0.4) is 0 Å². The van der Waals surface area contributed by atoms with Gasteiger partial charge in [0.15, 0.2) is 0 Å². The minimum Gasteiger partial charge on any atom is -0.313 e. The van der Waals surface area contributed by atoms with Crippen molar-refractivity contribution in [1.82, 2.24) is 5.32 Å². The molecule has 0 saturated carbocycles. The number of nitrogens with one attached hydrogen (secondary N) is 1. The van der Waals surface area contributed by atoms with Gasteiger partial charge in [-0.1, -0.05) is 13.0 Å². The van der Waals surface area contributed by atoms with Crippen LogP contribution in [0.25, 0.3) is 0 Å². The predicted octanol–water partition coefficient (Wildman–Crippen LogP) is 3.45. The van der Waals surface area contributed by atoms with Gasteiger partial charge in [-0.05, 0) is 49.6 Å². The molecule has 17 heavy (non-hydrogen) atoms. The van der Waals surface area contributed by atoms with Gasteiger partial charge in [0, 0.05) is 6.04 Å². The molecule has 94 valence electrons. The van der Waals surface area contributed by atoms with Crippen LogP contribution < -0.4 is 5.32 Å². The second-order valence-electron chi connectivity index (χ2n) is 4.12. The lowest BCUT2D eigenvalue weighted by Crippen LogP contribution is -2.31. The molecule has 1 nitrogen and oxygen atoms in total. The first-order chi connectivity index (χ1) is 8.17. The molecule has 0 aromatic heterocycles. The molecule has 1 unspecified atom stereocenters. The second-order valence-corrected chi connectivity index (χ2v) is 4.12. The molecule has 3 heteroatoms. The van der Waals surface area contributed by atoms with Crippen LogP contribution in [0.4, 0.5) is 8.78 Å². The summed E-state index contributed by atoms with van der Waals surface area (Å²) in [5.74, 6) is -0.743. The Morgan fingerprint density at radius 1 is 1.41 bits per heavy atom. The van der Waals surface area contributed by atoms with Crippen LogP contribution in [0, 0.1) is 11.6 Å². The SMILES string of the molecule is C=CCC(Cc1cc(F)ccc1F)NCCC. The summed E-state index contributed by atoms with van der Waals surface area (Å²) < 4.78 is 26.5. The summed E-state index contributed by atoms with van der Waals surface area (Å²) in [4.78, 5) is 0. The Hall–Kier alpha value is -1.22. The second kappa shape index (κ2) is 7.17. The van der Waals surface area contributed by atoms with Crippen molar-refractivity contribution in [2.45, 2.75) is 32.2 Å². The first-order valence-corrected chi connectivity index (χ1v) is 5.95. The average molecular weight is 239 g/mol. The zero-order chi connectivity index (χ0) is 12.7. The highest BCUT2D eigenvalue weighted by Crippen LogP contribution is 2.13. The van der Waals surface area contributed by atoms with Crippen molar-refractivity contribution in [3.05, 3.63) is 48.1 Å². The number of halogens is 2. The van der Waals surface area contributed by atoms with Crippen LogP contribution in [0.5, 0.6) is 0 Å². The summed E-state index contributed by atoms with van der Waals surface area (Å²) in [6.45, 7) is 6.62. The van der Waals surface area contributed by atoms with E-state index in [9.17, 15) is 8.78 Å². The summed E-state index contributed by atoms with van der Waals surface area (Å²) in [5.41, 5.74) is 0.417. The van der Waals surface area contributed by atoms with Gasteiger partial charge in [0.1, 0.15) is 11.6 Å². The Kier molecular flexibility index (Phi) is 5.84. The van der Waals surface area contributed by atoms with Gasteiger partial charge in [0.2, 0.25) is 0 Å². The molecule has 0 radical (unpaired) electrons. The fourth-order valence-electron chi connectivity index (χ4n) is 1.75. The number of hydrogen-bond acceptors (Lipinski definition) is 1. The van der Waals surface area contributed by atoms with E-state index < -0.39 is 5.82 Å². The Morgan fingerprint density at radius 2 is 2.18 bits per heavy atom. The molecule has 0 aliphatic rings. The van der Waals surface area contributed by atoms with Crippen molar-refractivity contribution in [2.24, 2.45) is 0 Å². The van der Waals surface area contributed by atoms with Gasteiger partial charge in [-0.25, -0.2) is 8.78 Å². The number of hydrogen-bond donors (Lipinski definition) is 1. The van der Waals surface area contributed by atoms with Crippen LogP contribution in [-0.2, 0) is 6.42 Å². The third-order valence-electron chi connectivity index (χ3n) is 2.61. The fraction of sp³-hybridized carbons (Fsp3) is 0.429. The van der Waals surface area contributed by atoms with Gasteiger partial charge in [-0.15, -0.1) is 6.58 Å². The molecule has 0 saturated heterocycles. The molecular formula is C14H19F2N.